The summed E-state index contributed by atoms with van der Waals surface area (Å²) < 4.78 is 4.83. The van der Waals surface area contributed by atoms with E-state index in [9.17, 15) is 0 Å². The molecule has 0 bridgehead atoms. The largest absolute Gasteiger partial charge is 0.382 e. The Morgan fingerprint density at radius 3 is 1.36 bits per heavy atom. The van der Waals surface area contributed by atoms with E-state index in [1.165, 1.54) is 0 Å². The second-order valence-electron chi connectivity index (χ2n) is 3.48. The molecule has 0 N–H and O–H groups in total. The molecule has 0 spiro atoms. The van der Waals surface area contributed by atoms with Crippen LogP contribution < -0.4 is 0 Å². The van der Waals surface area contributed by atoms with Gasteiger partial charge in [-0.25, -0.2) is 0 Å². The van der Waals surface area contributed by atoms with Crippen molar-refractivity contribution in [1.29, 1.82) is 0 Å². The van der Waals surface area contributed by atoms with E-state index in [4.69, 9.17) is 16.3 Å². The Kier molecular flexibility index (Phi) is 10.9. The van der Waals surface area contributed by atoms with Crippen LogP contribution >= 0.6 is 11.6 Å². The molecule has 0 aromatic heterocycles. The van der Waals surface area contributed by atoms with Crippen LogP contribution in [0.4, 0.5) is 0 Å². The second-order valence-corrected chi connectivity index (χ2v) is 9.67. The maximum absolute atomic E-state index is 5.54. The minimum Gasteiger partial charge on any atom is -0.382 e. The van der Waals surface area contributed by atoms with Gasteiger partial charge in [0.2, 0.25) is 0 Å². The SMILES string of the molecule is CCOCC.C[Si](C)(C)CCl. The summed E-state index contributed by atoms with van der Waals surface area (Å²) in [6, 6.07) is 0. The van der Waals surface area contributed by atoms with Crippen LogP contribution in [0, 0.1) is 0 Å². The molecular weight excluding hydrogens is 176 g/mol. The molecule has 0 aromatic rings. The normalized spacial score (nSPS) is 10.4. The summed E-state index contributed by atoms with van der Waals surface area (Å²) in [6.07, 6.45) is 0. The molecule has 0 saturated heterocycles. The van der Waals surface area contributed by atoms with Gasteiger partial charge in [0.25, 0.3) is 0 Å². The lowest BCUT2D eigenvalue weighted by Crippen LogP contribution is -2.21. The van der Waals surface area contributed by atoms with Crippen molar-refractivity contribution in [1.82, 2.24) is 0 Å². The summed E-state index contributed by atoms with van der Waals surface area (Å²) in [5.74, 6) is 0. The molecule has 0 rings (SSSR count). The average Bonchev–Trinajstić information content (AvgIpc) is 1.90. The van der Waals surface area contributed by atoms with E-state index in [1.54, 1.807) is 0 Å². The highest BCUT2D eigenvalue weighted by Crippen LogP contribution is 2.00. The zero-order valence-corrected chi connectivity index (χ0v) is 10.2. The van der Waals surface area contributed by atoms with Crippen molar-refractivity contribution in [2.45, 2.75) is 33.5 Å². The third kappa shape index (κ3) is 25.1. The lowest BCUT2D eigenvalue weighted by atomic mass is 10.8. The molecule has 0 aliphatic rings. The van der Waals surface area contributed by atoms with Gasteiger partial charge in [-0.2, -0.15) is 0 Å². The Labute approximate surface area is 77.1 Å². The minimum atomic E-state index is -0.866. The van der Waals surface area contributed by atoms with Crippen molar-refractivity contribution in [3.05, 3.63) is 0 Å². The highest BCUT2D eigenvalue weighted by Gasteiger charge is 2.08. The quantitative estimate of drug-likeness (QED) is 0.498. The summed E-state index contributed by atoms with van der Waals surface area (Å²) >= 11 is 5.54. The van der Waals surface area contributed by atoms with Gasteiger partial charge in [-0.1, -0.05) is 19.6 Å². The van der Waals surface area contributed by atoms with Gasteiger partial charge in [0, 0.05) is 18.7 Å². The van der Waals surface area contributed by atoms with Crippen molar-refractivity contribution in [2.75, 3.05) is 18.7 Å². The molecule has 0 atom stereocenters. The Morgan fingerprint density at radius 2 is 1.36 bits per heavy atom. The van der Waals surface area contributed by atoms with Crippen LogP contribution in [-0.2, 0) is 4.74 Å². The van der Waals surface area contributed by atoms with Crippen LogP contribution in [0.1, 0.15) is 13.8 Å². The van der Waals surface area contributed by atoms with Crippen molar-refractivity contribution < 1.29 is 4.74 Å². The summed E-state index contributed by atoms with van der Waals surface area (Å²) in [5, 5.41) is 0. The smallest absolute Gasteiger partial charge is 0.0609 e. The van der Waals surface area contributed by atoms with Crippen LogP contribution in [0.2, 0.25) is 19.6 Å². The third-order valence-electron chi connectivity index (χ3n) is 0.809. The van der Waals surface area contributed by atoms with Crippen LogP contribution in [0.15, 0.2) is 0 Å². The first-order chi connectivity index (χ1) is 4.97. The topological polar surface area (TPSA) is 9.23 Å². The summed E-state index contributed by atoms with van der Waals surface area (Å²) in [5.41, 5.74) is 0.882. The van der Waals surface area contributed by atoms with Crippen molar-refractivity contribution in [3.63, 3.8) is 0 Å². The zero-order valence-electron chi connectivity index (χ0n) is 8.41. The predicted octanol–water partition coefficient (Wildman–Crippen LogP) is 3.15. The lowest BCUT2D eigenvalue weighted by molar-refractivity contribution is 0.162. The van der Waals surface area contributed by atoms with Gasteiger partial charge in [-0.15, -0.1) is 11.6 Å². The number of alkyl halides is 1. The third-order valence-corrected chi connectivity index (χ3v) is 4.02. The van der Waals surface area contributed by atoms with E-state index >= 15 is 0 Å². The van der Waals surface area contributed by atoms with E-state index < -0.39 is 8.07 Å². The molecule has 1 nitrogen and oxygen atoms in total. The first kappa shape index (κ1) is 14.0. The minimum absolute atomic E-state index is 0.844. The fourth-order valence-corrected chi connectivity index (χ4v) is 0.204. The van der Waals surface area contributed by atoms with Gasteiger partial charge < -0.3 is 4.74 Å². The Bertz CT molecular complexity index is 69.0. The standard InChI is InChI=1S/C4H11ClSi.C4H10O/c1-6(2,3)4-5;1-3-5-4-2/h4H2,1-3H3;3-4H2,1-2H3. The predicted molar refractivity (Wildman–Crippen MR) is 56.2 cm³/mol. The van der Waals surface area contributed by atoms with Gasteiger partial charge in [-0.3, -0.25) is 0 Å². The van der Waals surface area contributed by atoms with Crippen LogP contribution in [0.5, 0.6) is 0 Å². The van der Waals surface area contributed by atoms with Crippen molar-refractivity contribution >= 4 is 19.7 Å². The Balaban J connectivity index is 0. The second kappa shape index (κ2) is 8.56. The summed E-state index contributed by atoms with van der Waals surface area (Å²) in [4.78, 5) is 0. The van der Waals surface area contributed by atoms with Crippen LogP contribution in [0.25, 0.3) is 0 Å². The van der Waals surface area contributed by atoms with Crippen LogP contribution in [-0.4, -0.2) is 26.8 Å². The van der Waals surface area contributed by atoms with Crippen molar-refractivity contribution in [3.8, 4) is 0 Å². The number of hydrogen-bond donors (Lipinski definition) is 0. The maximum Gasteiger partial charge on any atom is 0.0609 e. The van der Waals surface area contributed by atoms with E-state index in [0.717, 1.165) is 18.7 Å². The monoisotopic (exact) mass is 196 g/mol. The van der Waals surface area contributed by atoms with E-state index in [2.05, 4.69) is 19.6 Å². The number of ether oxygens (including phenoxy) is 1. The Hall–Kier alpha value is 0.467. The van der Waals surface area contributed by atoms with E-state index in [-0.39, 0.29) is 0 Å². The van der Waals surface area contributed by atoms with Gasteiger partial charge in [0.1, 0.15) is 0 Å². The number of rotatable bonds is 3. The maximum atomic E-state index is 5.54. The molecule has 0 radical (unpaired) electrons. The molecule has 0 aliphatic carbocycles. The summed E-state index contributed by atoms with van der Waals surface area (Å²) in [6.45, 7) is 12.4. The first-order valence-corrected chi connectivity index (χ1v) is 8.35. The van der Waals surface area contributed by atoms with Gasteiger partial charge in [-0.05, 0) is 13.8 Å². The number of hydrogen-bond acceptors (Lipinski definition) is 1. The highest BCUT2D eigenvalue weighted by molar-refractivity contribution is 6.81. The first-order valence-electron chi connectivity index (χ1n) is 4.11. The van der Waals surface area contributed by atoms with E-state index in [0.29, 0.717) is 0 Å². The molecule has 0 aliphatic heterocycles. The molecule has 11 heavy (non-hydrogen) atoms. The van der Waals surface area contributed by atoms with Crippen molar-refractivity contribution in [2.24, 2.45) is 0 Å². The number of halogens is 1. The molecular formula is C8H21ClOSi. The molecule has 0 amide bonds. The molecule has 0 fully saturated rings. The van der Waals surface area contributed by atoms with Gasteiger partial charge >= 0.3 is 0 Å². The summed E-state index contributed by atoms with van der Waals surface area (Å²) in [7, 11) is -0.866. The molecule has 0 aromatic carbocycles. The zero-order chi connectivity index (χ0) is 9.33. The molecule has 3 heteroatoms. The van der Waals surface area contributed by atoms with Crippen LogP contribution in [0.3, 0.4) is 0 Å². The highest BCUT2D eigenvalue weighted by atomic mass is 35.5. The molecule has 70 valence electrons. The lowest BCUT2D eigenvalue weighted by Gasteiger charge is -2.07. The van der Waals surface area contributed by atoms with E-state index in [1.807, 2.05) is 13.8 Å². The molecule has 0 unspecified atom stereocenters. The Morgan fingerprint density at radius 1 is 1.09 bits per heavy atom. The molecule has 0 heterocycles. The van der Waals surface area contributed by atoms with Gasteiger partial charge in [0.15, 0.2) is 0 Å². The fraction of sp³-hybridized carbons (Fsp3) is 1.00. The average molecular weight is 197 g/mol. The fourth-order valence-electron chi connectivity index (χ4n) is 0.204. The van der Waals surface area contributed by atoms with Gasteiger partial charge in [0.05, 0.1) is 8.07 Å². The molecule has 0 saturated carbocycles.